The van der Waals surface area contributed by atoms with Crippen molar-refractivity contribution in [2.45, 2.75) is 31.9 Å². The fourth-order valence-electron chi connectivity index (χ4n) is 3.74. The lowest BCUT2D eigenvalue weighted by molar-refractivity contribution is -0.122. The predicted molar refractivity (Wildman–Crippen MR) is 106 cm³/mol. The fourth-order valence-corrected chi connectivity index (χ4v) is 3.74. The van der Waals surface area contributed by atoms with Crippen LogP contribution < -0.4 is 10.1 Å². The number of hydrogen-bond donors (Lipinski definition) is 1. The molecule has 9 heteroatoms. The van der Waals surface area contributed by atoms with Crippen LogP contribution in [0.15, 0.2) is 48.7 Å². The zero-order valence-electron chi connectivity index (χ0n) is 16.4. The van der Waals surface area contributed by atoms with E-state index in [-0.39, 0.29) is 11.7 Å². The molecule has 0 bridgehead atoms. The number of amides is 1. The van der Waals surface area contributed by atoms with Crippen LogP contribution in [0.25, 0.3) is 5.65 Å². The van der Waals surface area contributed by atoms with Crippen molar-refractivity contribution in [3.8, 4) is 5.75 Å². The zero-order valence-corrected chi connectivity index (χ0v) is 16.4. The summed E-state index contributed by atoms with van der Waals surface area (Å²) in [6.07, 6.45) is 3.83. The summed E-state index contributed by atoms with van der Waals surface area (Å²) in [7, 11) is 0. The maximum Gasteiger partial charge on any atom is 0.387 e. The predicted octanol–water partition coefficient (Wildman–Crippen LogP) is 2.83. The third kappa shape index (κ3) is 4.91. The molecule has 2 aromatic heterocycles. The number of carbonyl (C=O) groups excluding carboxylic acids is 1. The van der Waals surface area contributed by atoms with Crippen LogP contribution in [-0.4, -0.2) is 51.7 Å². The fraction of sp³-hybridized carbons (Fsp3) is 0.381. The van der Waals surface area contributed by atoms with Gasteiger partial charge >= 0.3 is 6.61 Å². The molecule has 1 aromatic carbocycles. The third-order valence-corrected chi connectivity index (χ3v) is 5.30. The van der Waals surface area contributed by atoms with Crippen LogP contribution in [0, 0.1) is 0 Å². The van der Waals surface area contributed by atoms with E-state index in [9.17, 15) is 13.6 Å². The van der Waals surface area contributed by atoms with Crippen molar-refractivity contribution in [3.05, 3.63) is 60.0 Å². The molecular weight excluding hydrogens is 392 g/mol. The molecule has 1 saturated heterocycles. The Hall–Kier alpha value is -3.07. The Balaban J connectivity index is 1.22. The van der Waals surface area contributed by atoms with Crippen LogP contribution in [0.5, 0.6) is 5.75 Å². The van der Waals surface area contributed by atoms with Gasteiger partial charge in [-0.05, 0) is 55.8 Å². The second-order valence-electron chi connectivity index (χ2n) is 7.34. The van der Waals surface area contributed by atoms with E-state index in [4.69, 9.17) is 0 Å². The highest BCUT2D eigenvalue weighted by atomic mass is 19.3. The summed E-state index contributed by atoms with van der Waals surface area (Å²) in [4.78, 5) is 14.4. The Morgan fingerprint density at radius 3 is 2.63 bits per heavy atom. The molecule has 3 aromatic rings. The van der Waals surface area contributed by atoms with Crippen molar-refractivity contribution in [3.63, 3.8) is 0 Å². The van der Waals surface area contributed by atoms with Crippen LogP contribution in [0.3, 0.4) is 0 Å². The number of nitrogens with one attached hydrogen (secondary N) is 1. The Morgan fingerprint density at radius 1 is 1.13 bits per heavy atom. The summed E-state index contributed by atoms with van der Waals surface area (Å²) >= 11 is 0. The SMILES string of the molecule is O=C(CN1CCC(c2nnc3ccccn23)CC1)NCc1ccc(OC(F)F)cc1. The number of carbonyl (C=O) groups is 1. The summed E-state index contributed by atoms with van der Waals surface area (Å²) in [5.74, 6) is 1.35. The van der Waals surface area contributed by atoms with E-state index in [1.807, 2.05) is 28.8 Å². The largest absolute Gasteiger partial charge is 0.435 e. The first-order chi connectivity index (χ1) is 14.6. The summed E-state index contributed by atoms with van der Waals surface area (Å²) in [5.41, 5.74) is 1.67. The average Bonchev–Trinajstić information content (AvgIpc) is 3.18. The van der Waals surface area contributed by atoms with Crippen LogP contribution in [-0.2, 0) is 11.3 Å². The molecule has 0 unspecified atom stereocenters. The van der Waals surface area contributed by atoms with Crippen molar-refractivity contribution in [1.29, 1.82) is 0 Å². The Morgan fingerprint density at radius 2 is 1.90 bits per heavy atom. The lowest BCUT2D eigenvalue weighted by Crippen LogP contribution is -2.41. The number of piperidine rings is 1. The van der Waals surface area contributed by atoms with Gasteiger partial charge in [0.1, 0.15) is 11.6 Å². The average molecular weight is 415 g/mol. The first-order valence-electron chi connectivity index (χ1n) is 9.91. The molecule has 7 nitrogen and oxygen atoms in total. The van der Waals surface area contributed by atoms with Crippen molar-refractivity contribution >= 4 is 11.6 Å². The van der Waals surface area contributed by atoms with E-state index in [0.29, 0.717) is 19.0 Å². The molecule has 158 valence electrons. The zero-order chi connectivity index (χ0) is 20.9. The highest BCUT2D eigenvalue weighted by Crippen LogP contribution is 2.26. The van der Waals surface area contributed by atoms with Gasteiger partial charge in [-0.25, -0.2) is 0 Å². The first kappa shape index (κ1) is 20.2. The Labute approximate surface area is 172 Å². The van der Waals surface area contributed by atoms with Crippen LogP contribution >= 0.6 is 0 Å². The van der Waals surface area contributed by atoms with E-state index in [1.165, 1.54) is 12.1 Å². The standard InChI is InChI=1S/C21H23F2N5O2/c22-21(23)30-17-6-4-15(5-7-17)13-24-19(29)14-27-11-8-16(9-12-27)20-26-25-18-3-1-2-10-28(18)20/h1-7,10,16,21H,8-9,11-14H2,(H,24,29). The number of ether oxygens (including phenoxy) is 1. The van der Waals surface area contributed by atoms with E-state index < -0.39 is 6.61 Å². The molecule has 0 saturated carbocycles. The molecule has 0 atom stereocenters. The van der Waals surface area contributed by atoms with Crippen molar-refractivity contribution < 1.29 is 18.3 Å². The molecule has 1 amide bonds. The van der Waals surface area contributed by atoms with E-state index in [1.54, 1.807) is 12.1 Å². The number of hydrogen-bond acceptors (Lipinski definition) is 5. The monoisotopic (exact) mass is 415 g/mol. The van der Waals surface area contributed by atoms with Gasteiger partial charge < -0.3 is 10.1 Å². The molecule has 0 aliphatic carbocycles. The highest BCUT2D eigenvalue weighted by molar-refractivity contribution is 5.78. The van der Waals surface area contributed by atoms with Gasteiger partial charge in [-0.1, -0.05) is 18.2 Å². The number of aromatic nitrogens is 3. The van der Waals surface area contributed by atoms with Gasteiger partial charge in [0.15, 0.2) is 5.65 Å². The van der Waals surface area contributed by atoms with Gasteiger partial charge in [-0.15, -0.1) is 10.2 Å². The minimum Gasteiger partial charge on any atom is -0.435 e. The van der Waals surface area contributed by atoms with Gasteiger partial charge in [0.25, 0.3) is 0 Å². The molecule has 0 radical (unpaired) electrons. The number of benzene rings is 1. The summed E-state index contributed by atoms with van der Waals surface area (Å²) in [6, 6.07) is 12.1. The van der Waals surface area contributed by atoms with Crippen LogP contribution in [0.1, 0.15) is 30.1 Å². The number of rotatable bonds is 7. The third-order valence-electron chi connectivity index (χ3n) is 5.30. The van der Waals surface area contributed by atoms with E-state index >= 15 is 0 Å². The van der Waals surface area contributed by atoms with Crippen molar-refractivity contribution in [1.82, 2.24) is 24.8 Å². The van der Waals surface area contributed by atoms with Gasteiger partial charge in [0, 0.05) is 18.7 Å². The molecule has 30 heavy (non-hydrogen) atoms. The number of halogens is 2. The van der Waals surface area contributed by atoms with E-state index in [2.05, 4.69) is 25.2 Å². The molecule has 3 heterocycles. The van der Waals surface area contributed by atoms with Crippen LogP contribution in [0.4, 0.5) is 8.78 Å². The molecule has 1 fully saturated rings. The number of pyridine rings is 1. The second kappa shape index (κ2) is 9.17. The van der Waals surface area contributed by atoms with Gasteiger partial charge in [-0.3, -0.25) is 14.1 Å². The van der Waals surface area contributed by atoms with Crippen molar-refractivity contribution in [2.24, 2.45) is 0 Å². The number of fused-ring (bicyclic) bond motifs is 1. The maximum atomic E-state index is 12.3. The molecule has 4 rings (SSSR count). The summed E-state index contributed by atoms with van der Waals surface area (Å²) < 4.78 is 30.7. The van der Waals surface area contributed by atoms with E-state index in [0.717, 1.165) is 43.0 Å². The maximum absolute atomic E-state index is 12.3. The van der Waals surface area contributed by atoms with Crippen LogP contribution in [0.2, 0.25) is 0 Å². The molecule has 1 aliphatic rings. The van der Waals surface area contributed by atoms with Crippen molar-refractivity contribution in [2.75, 3.05) is 19.6 Å². The molecule has 0 spiro atoms. The summed E-state index contributed by atoms with van der Waals surface area (Å²) in [5, 5.41) is 11.5. The Kier molecular flexibility index (Phi) is 6.18. The second-order valence-corrected chi connectivity index (χ2v) is 7.34. The topological polar surface area (TPSA) is 71.8 Å². The smallest absolute Gasteiger partial charge is 0.387 e. The highest BCUT2D eigenvalue weighted by Gasteiger charge is 2.25. The first-order valence-corrected chi connectivity index (χ1v) is 9.91. The minimum absolute atomic E-state index is 0.0608. The normalized spacial score (nSPS) is 15.6. The minimum atomic E-state index is -2.84. The van der Waals surface area contributed by atoms with Gasteiger partial charge in [-0.2, -0.15) is 8.78 Å². The Bertz CT molecular complexity index is 984. The summed E-state index contributed by atoms with van der Waals surface area (Å²) in [6.45, 7) is -0.530. The molecular formula is C21H23F2N5O2. The van der Waals surface area contributed by atoms with Gasteiger partial charge in [0.05, 0.1) is 6.54 Å². The molecule has 1 N–H and O–H groups in total. The number of likely N-dealkylation sites (tertiary alicyclic amines) is 1. The lowest BCUT2D eigenvalue weighted by atomic mass is 9.96. The van der Waals surface area contributed by atoms with Gasteiger partial charge in [0.2, 0.25) is 5.91 Å². The molecule has 1 aliphatic heterocycles. The quantitative estimate of drug-likeness (QED) is 0.643. The number of nitrogens with zero attached hydrogens (tertiary/aromatic N) is 4. The number of alkyl halides is 2. The lowest BCUT2D eigenvalue weighted by Gasteiger charge is -2.30.